The van der Waals surface area contributed by atoms with Crippen molar-refractivity contribution in [3.05, 3.63) is 36.0 Å². The van der Waals surface area contributed by atoms with Crippen molar-refractivity contribution in [2.24, 2.45) is 0 Å². The van der Waals surface area contributed by atoms with Crippen LogP contribution >= 0.6 is 0 Å². The Morgan fingerprint density at radius 2 is 2.16 bits per heavy atom. The third-order valence-electron chi connectivity index (χ3n) is 3.00. The lowest BCUT2D eigenvalue weighted by Crippen LogP contribution is -2.33. The highest BCUT2D eigenvalue weighted by atomic mass is 16.4. The van der Waals surface area contributed by atoms with Crippen LogP contribution < -0.4 is 5.32 Å². The summed E-state index contributed by atoms with van der Waals surface area (Å²) in [6, 6.07) is 7.23. The molecule has 0 aliphatic rings. The maximum Gasteiger partial charge on any atom is 0.303 e. The summed E-state index contributed by atoms with van der Waals surface area (Å²) in [5.74, 6) is -1.04. The Morgan fingerprint density at radius 1 is 1.37 bits per heavy atom. The van der Waals surface area contributed by atoms with E-state index in [1.807, 2.05) is 18.2 Å². The van der Waals surface area contributed by atoms with Gasteiger partial charge >= 0.3 is 5.97 Å². The van der Waals surface area contributed by atoms with Crippen molar-refractivity contribution in [2.45, 2.75) is 25.8 Å². The fourth-order valence-corrected chi connectivity index (χ4v) is 1.99. The van der Waals surface area contributed by atoms with Gasteiger partial charge in [-0.1, -0.05) is 12.1 Å². The molecule has 100 valence electrons. The Hall–Kier alpha value is -2.30. The third kappa shape index (κ3) is 3.13. The van der Waals surface area contributed by atoms with Crippen molar-refractivity contribution < 1.29 is 14.7 Å². The van der Waals surface area contributed by atoms with Gasteiger partial charge in [0.2, 0.25) is 0 Å². The molecule has 3 N–H and O–H groups in total. The van der Waals surface area contributed by atoms with Gasteiger partial charge in [-0.05, 0) is 25.5 Å². The molecule has 5 nitrogen and oxygen atoms in total. The highest BCUT2D eigenvalue weighted by molar-refractivity contribution is 6.05. The van der Waals surface area contributed by atoms with Crippen LogP contribution in [-0.2, 0) is 4.79 Å². The molecule has 1 aromatic carbocycles. The molecule has 2 aromatic rings. The Bertz CT molecular complexity index is 604. The summed E-state index contributed by atoms with van der Waals surface area (Å²) in [7, 11) is 0. The number of hydrogen-bond acceptors (Lipinski definition) is 2. The normalized spacial score (nSPS) is 12.3. The summed E-state index contributed by atoms with van der Waals surface area (Å²) in [5, 5.41) is 12.4. The second-order valence-electron chi connectivity index (χ2n) is 4.55. The number of benzene rings is 1. The number of nitrogens with one attached hydrogen (secondary N) is 2. The van der Waals surface area contributed by atoms with E-state index >= 15 is 0 Å². The number of rotatable bonds is 5. The Kier molecular flexibility index (Phi) is 3.85. The van der Waals surface area contributed by atoms with E-state index in [1.54, 1.807) is 19.2 Å². The van der Waals surface area contributed by atoms with Gasteiger partial charge in [0.05, 0.1) is 11.1 Å². The number of carbonyl (C=O) groups excluding carboxylic acids is 1. The summed E-state index contributed by atoms with van der Waals surface area (Å²) in [5.41, 5.74) is 1.37. The zero-order valence-electron chi connectivity index (χ0n) is 10.6. The van der Waals surface area contributed by atoms with Crippen molar-refractivity contribution in [3.63, 3.8) is 0 Å². The molecule has 2 rings (SSSR count). The van der Waals surface area contributed by atoms with E-state index in [2.05, 4.69) is 10.3 Å². The molecule has 0 unspecified atom stereocenters. The van der Waals surface area contributed by atoms with Gasteiger partial charge in [0, 0.05) is 24.0 Å². The number of hydrogen-bond donors (Lipinski definition) is 3. The van der Waals surface area contributed by atoms with E-state index in [0.717, 1.165) is 10.9 Å². The van der Waals surface area contributed by atoms with Crippen molar-refractivity contribution >= 4 is 22.8 Å². The van der Waals surface area contributed by atoms with Crippen LogP contribution in [0.25, 0.3) is 10.9 Å². The zero-order valence-corrected chi connectivity index (χ0v) is 10.6. The lowest BCUT2D eigenvalue weighted by atomic mass is 10.1. The van der Waals surface area contributed by atoms with Gasteiger partial charge in [0.25, 0.3) is 5.91 Å². The van der Waals surface area contributed by atoms with E-state index in [0.29, 0.717) is 12.0 Å². The van der Waals surface area contributed by atoms with E-state index in [1.165, 1.54) is 0 Å². The van der Waals surface area contributed by atoms with Gasteiger partial charge in [0.15, 0.2) is 0 Å². The quantitative estimate of drug-likeness (QED) is 0.770. The van der Waals surface area contributed by atoms with Crippen LogP contribution in [0.15, 0.2) is 30.5 Å². The predicted octanol–water partition coefficient (Wildman–Crippen LogP) is 2.15. The number of carboxylic acid groups (broad SMARTS) is 1. The number of carboxylic acids is 1. The first kappa shape index (κ1) is 13.1. The molecular weight excluding hydrogens is 244 g/mol. The largest absolute Gasteiger partial charge is 0.481 e. The van der Waals surface area contributed by atoms with Crippen LogP contribution in [0.4, 0.5) is 0 Å². The van der Waals surface area contributed by atoms with Crippen LogP contribution in [-0.4, -0.2) is 28.0 Å². The molecule has 19 heavy (non-hydrogen) atoms. The fraction of sp³-hybridized carbons (Fsp3) is 0.286. The number of aliphatic carboxylic acids is 1. The van der Waals surface area contributed by atoms with Gasteiger partial charge in [-0.3, -0.25) is 9.59 Å². The van der Waals surface area contributed by atoms with Crippen molar-refractivity contribution in [1.29, 1.82) is 0 Å². The van der Waals surface area contributed by atoms with Gasteiger partial charge in [0.1, 0.15) is 0 Å². The summed E-state index contributed by atoms with van der Waals surface area (Å²) < 4.78 is 0. The molecule has 0 fully saturated rings. The molecule has 1 atom stereocenters. The highest BCUT2D eigenvalue weighted by Crippen LogP contribution is 2.17. The molecule has 1 aromatic heterocycles. The summed E-state index contributed by atoms with van der Waals surface area (Å²) in [4.78, 5) is 25.7. The molecule has 1 amide bonds. The molecule has 0 bridgehead atoms. The van der Waals surface area contributed by atoms with E-state index in [-0.39, 0.29) is 18.4 Å². The molecule has 0 saturated carbocycles. The smallest absolute Gasteiger partial charge is 0.303 e. The predicted molar refractivity (Wildman–Crippen MR) is 72.1 cm³/mol. The number of para-hydroxylation sites is 1. The summed E-state index contributed by atoms with van der Waals surface area (Å²) in [6.45, 7) is 1.80. The monoisotopic (exact) mass is 260 g/mol. The molecular formula is C14H16N2O3. The molecule has 0 saturated heterocycles. The first-order valence-electron chi connectivity index (χ1n) is 6.16. The first-order chi connectivity index (χ1) is 9.08. The van der Waals surface area contributed by atoms with E-state index < -0.39 is 5.97 Å². The van der Waals surface area contributed by atoms with Crippen LogP contribution in [0.2, 0.25) is 0 Å². The Balaban J connectivity index is 2.07. The minimum absolute atomic E-state index is 0.0498. The van der Waals surface area contributed by atoms with Gasteiger partial charge in [-0.25, -0.2) is 0 Å². The Labute approximate surface area is 110 Å². The SMILES string of the molecule is C[C@H](CCC(=O)O)NC(=O)c1cccc2cc[nH]c12. The van der Waals surface area contributed by atoms with Crippen LogP contribution in [0, 0.1) is 0 Å². The van der Waals surface area contributed by atoms with E-state index in [4.69, 9.17) is 5.11 Å². The molecule has 0 spiro atoms. The molecule has 5 heteroatoms. The number of aromatic nitrogens is 1. The summed E-state index contributed by atoms with van der Waals surface area (Å²) in [6.07, 6.45) is 2.26. The van der Waals surface area contributed by atoms with Crippen molar-refractivity contribution in [3.8, 4) is 0 Å². The fourth-order valence-electron chi connectivity index (χ4n) is 1.99. The minimum Gasteiger partial charge on any atom is -0.481 e. The average Bonchev–Trinajstić information content (AvgIpc) is 2.84. The van der Waals surface area contributed by atoms with Gasteiger partial charge in [-0.2, -0.15) is 0 Å². The lowest BCUT2D eigenvalue weighted by molar-refractivity contribution is -0.137. The summed E-state index contributed by atoms with van der Waals surface area (Å²) >= 11 is 0. The number of fused-ring (bicyclic) bond motifs is 1. The molecule has 0 radical (unpaired) electrons. The molecule has 1 heterocycles. The van der Waals surface area contributed by atoms with Crippen LogP contribution in [0.5, 0.6) is 0 Å². The maximum absolute atomic E-state index is 12.1. The molecule has 0 aliphatic carbocycles. The average molecular weight is 260 g/mol. The van der Waals surface area contributed by atoms with Crippen LogP contribution in [0.1, 0.15) is 30.1 Å². The third-order valence-corrected chi connectivity index (χ3v) is 3.00. The highest BCUT2D eigenvalue weighted by Gasteiger charge is 2.13. The first-order valence-corrected chi connectivity index (χ1v) is 6.16. The second kappa shape index (κ2) is 5.56. The standard InChI is InChI=1S/C14H16N2O3/c1-9(5-6-12(17)18)16-14(19)11-4-2-3-10-7-8-15-13(10)11/h2-4,7-9,15H,5-6H2,1H3,(H,16,19)(H,17,18)/t9-/m1/s1. The van der Waals surface area contributed by atoms with Crippen molar-refractivity contribution in [1.82, 2.24) is 10.3 Å². The minimum atomic E-state index is -0.854. The van der Waals surface area contributed by atoms with Gasteiger partial charge in [-0.15, -0.1) is 0 Å². The van der Waals surface area contributed by atoms with Crippen LogP contribution in [0.3, 0.4) is 0 Å². The molecule has 0 aliphatic heterocycles. The van der Waals surface area contributed by atoms with Crippen molar-refractivity contribution in [2.75, 3.05) is 0 Å². The number of H-pyrrole nitrogens is 1. The second-order valence-corrected chi connectivity index (χ2v) is 4.55. The zero-order chi connectivity index (χ0) is 13.8. The maximum atomic E-state index is 12.1. The van der Waals surface area contributed by atoms with Gasteiger partial charge < -0.3 is 15.4 Å². The number of carbonyl (C=O) groups is 2. The lowest BCUT2D eigenvalue weighted by Gasteiger charge is -2.13. The Morgan fingerprint density at radius 3 is 2.89 bits per heavy atom. The topological polar surface area (TPSA) is 82.2 Å². The number of amides is 1. The number of aromatic amines is 1. The van der Waals surface area contributed by atoms with E-state index in [9.17, 15) is 9.59 Å².